The maximum Gasteiger partial charge on any atom is 0.268 e. The average molecular weight is 211 g/mol. The summed E-state index contributed by atoms with van der Waals surface area (Å²) >= 11 is 0. The van der Waals surface area contributed by atoms with Crippen molar-refractivity contribution in [1.29, 1.82) is 0 Å². The van der Waals surface area contributed by atoms with E-state index >= 15 is 0 Å². The van der Waals surface area contributed by atoms with Crippen molar-refractivity contribution in [3.8, 4) is 0 Å². The molecule has 0 fully saturated rings. The Bertz CT molecular complexity index is 379. The summed E-state index contributed by atoms with van der Waals surface area (Å²) in [7, 11) is 1.73. The Labute approximate surface area is 88.7 Å². The van der Waals surface area contributed by atoms with Crippen LogP contribution in [0.15, 0.2) is 17.1 Å². The number of hydrogen-bond donors (Lipinski definition) is 2. The van der Waals surface area contributed by atoms with Gasteiger partial charge in [-0.25, -0.2) is 4.68 Å². The predicted octanol–water partition coefficient (Wildman–Crippen LogP) is 0.446. The molecule has 0 amide bonds. The van der Waals surface area contributed by atoms with E-state index in [4.69, 9.17) is 0 Å². The molecule has 84 valence electrons. The topological polar surface area (TPSA) is 67.2 Å². The lowest BCUT2D eigenvalue weighted by atomic mass is 10.1. The molecule has 1 rings (SSSR count). The summed E-state index contributed by atoms with van der Waals surface area (Å²) < 4.78 is 1.35. The largest absolute Gasteiger partial charge is 0.390 e. The van der Waals surface area contributed by atoms with E-state index in [0.717, 1.165) is 0 Å². The first-order valence-corrected chi connectivity index (χ1v) is 4.90. The van der Waals surface area contributed by atoms with E-state index in [-0.39, 0.29) is 5.56 Å². The summed E-state index contributed by atoms with van der Waals surface area (Å²) in [6.07, 6.45) is 2.09. The second kappa shape index (κ2) is 4.44. The smallest absolute Gasteiger partial charge is 0.268 e. The highest BCUT2D eigenvalue weighted by Crippen LogP contribution is 2.07. The third-order valence-corrected chi connectivity index (χ3v) is 2.09. The fourth-order valence-electron chi connectivity index (χ4n) is 1.12. The lowest BCUT2D eigenvalue weighted by molar-refractivity contribution is 0.0646. The van der Waals surface area contributed by atoms with Gasteiger partial charge in [0.25, 0.3) is 5.56 Å². The number of aromatic nitrogens is 2. The van der Waals surface area contributed by atoms with Crippen molar-refractivity contribution in [2.75, 3.05) is 12.4 Å². The van der Waals surface area contributed by atoms with Crippen LogP contribution in [0.2, 0.25) is 0 Å². The zero-order valence-corrected chi connectivity index (χ0v) is 9.32. The zero-order chi connectivity index (χ0) is 11.5. The van der Waals surface area contributed by atoms with Crippen LogP contribution in [-0.2, 0) is 6.54 Å². The maximum absolute atomic E-state index is 11.5. The van der Waals surface area contributed by atoms with Gasteiger partial charge < -0.3 is 10.4 Å². The highest BCUT2D eigenvalue weighted by molar-refractivity contribution is 5.37. The number of nitrogens with zero attached hydrogens (tertiary/aromatic N) is 2. The van der Waals surface area contributed by atoms with E-state index in [9.17, 15) is 9.90 Å². The minimum Gasteiger partial charge on any atom is -0.390 e. The number of aryl methyl sites for hydroxylation is 1. The van der Waals surface area contributed by atoms with Crippen LogP contribution >= 0.6 is 0 Å². The first kappa shape index (κ1) is 11.7. The van der Waals surface area contributed by atoms with Gasteiger partial charge in [-0.1, -0.05) is 0 Å². The summed E-state index contributed by atoms with van der Waals surface area (Å²) in [5.41, 5.74) is -0.242. The second-order valence-corrected chi connectivity index (χ2v) is 4.12. The molecule has 1 heterocycles. The highest BCUT2D eigenvalue weighted by atomic mass is 16.3. The molecule has 5 nitrogen and oxygen atoms in total. The molecule has 0 aliphatic heterocycles. The van der Waals surface area contributed by atoms with Crippen LogP contribution in [0.4, 0.5) is 5.69 Å². The molecule has 2 N–H and O–H groups in total. The molecular formula is C10H17N3O2. The van der Waals surface area contributed by atoms with Gasteiger partial charge in [-0.15, -0.1) is 0 Å². The van der Waals surface area contributed by atoms with Crippen LogP contribution in [0.3, 0.4) is 0 Å². The Morgan fingerprint density at radius 3 is 2.73 bits per heavy atom. The van der Waals surface area contributed by atoms with Crippen LogP contribution in [-0.4, -0.2) is 27.5 Å². The predicted molar refractivity (Wildman–Crippen MR) is 59.0 cm³/mol. The van der Waals surface area contributed by atoms with Crippen LogP contribution in [0.25, 0.3) is 0 Å². The maximum atomic E-state index is 11.5. The van der Waals surface area contributed by atoms with Crippen LogP contribution in [0, 0.1) is 0 Å². The Morgan fingerprint density at radius 2 is 2.27 bits per heavy atom. The van der Waals surface area contributed by atoms with Crippen molar-refractivity contribution in [3.05, 3.63) is 22.6 Å². The van der Waals surface area contributed by atoms with Gasteiger partial charge in [-0.3, -0.25) is 4.79 Å². The number of anilines is 1. The molecule has 5 heteroatoms. The fraction of sp³-hybridized carbons (Fsp3) is 0.600. The average Bonchev–Trinajstić information content (AvgIpc) is 2.14. The molecule has 0 spiro atoms. The Morgan fingerprint density at radius 1 is 1.60 bits per heavy atom. The molecule has 0 aromatic carbocycles. The molecular weight excluding hydrogens is 194 g/mol. The third-order valence-electron chi connectivity index (χ3n) is 2.09. The number of aliphatic hydroxyl groups is 1. The number of rotatable bonds is 4. The third kappa shape index (κ3) is 3.71. The van der Waals surface area contributed by atoms with Crippen molar-refractivity contribution < 1.29 is 5.11 Å². The summed E-state index contributed by atoms with van der Waals surface area (Å²) in [4.78, 5) is 11.5. The fourth-order valence-corrected chi connectivity index (χ4v) is 1.12. The lowest BCUT2D eigenvalue weighted by Gasteiger charge is -2.16. The van der Waals surface area contributed by atoms with Crippen LogP contribution < -0.4 is 10.9 Å². The molecule has 0 unspecified atom stereocenters. The Balaban J connectivity index is 2.75. The standard InChI is InChI=1S/C10H17N3O2/c1-10(2,15)4-5-13-9(14)6-8(11-3)7-12-13/h6-7,11,15H,4-5H2,1-3H3. The Hall–Kier alpha value is -1.36. The van der Waals surface area contributed by atoms with Crippen molar-refractivity contribution in [2.45, 2.75) is 32.4 Å². The van der Waals surface area contributed by atoms with Crippen molar-refractivity contribution in [2.24, 2.45) is 0 Å². The van der Waals surface area contributed by atoms with Gasteiger partial charge in [-0.2, -0.15) is 5.10 Å². The van der Waals surface area contributed by atoms with E-state index in [0.29, 0.717) is 18.7 Å². The summed E-state index contributed by atoms with van der Waals surface area (Å²) in [6.45, 7) is 3.84. The molecule has 0 saturated carbocycles. The van der Waals surface area contributed by atoms with Gasteiger partial charge >= 0.3 is 0 Å². The number of hydrogen-bond acceptors (Lipinski definition) is 4. The molecule has 0 atom stereocenters. The van der Waals surface area contributed by atoms with Crippen molar-refractivity contribution >= 4 is 5.69 Å². The second-order valence-electron chi connectivity index (χ2n) is 4.12. The van der Waals surface area contributed by atoms with Crippen LogP contribution in [0.5, 0.6) is 0 Å². The molecule has 0 bridgehead atoms. The van der Waals surface area contributed by atoms with Gasteiger partial charge in [0.15, 0.2) is 0 Å². The SMILES string of the molecule is CNc1cnn(CCC(C)(C)O)c(=O)c1. The van der Waals surface area contributed by atoms with E-state index in [1.54, 1.807) is 27.1 Å². The quantitative estimate of drug-likeness (QED) is 0.758. The molecule has 0 radical (unpaired) electrons. The van der Waals surface area contributed by atoms with E-state index in [1.165, 1.54) is 10.7 Å². The molecule has 15 heavy (non-hydrogen) atoms. The van der Waals surface area contributed by atoms with E-state index < -0.39 is 5.60 Å². The summed E-state index contributed by atoms with van der Waals surface area (Å²) in [5, 5.41) is 16.3. The first-order valence-electron chi connectivity index (χ1n) is 4.90. The number of nitrogens with one attached hydrogen (secondary N) is 1. The van der Waals surface area contributed by atoms with Gasteiger partial charge in [0.1, 0.15) is 0 Å². The van der Waals surface area contributed by atoms with Gasteiger partial charge in [-0.05, 0) is 20.3 Å². The van der Waals surface area contributed by atoms with E-state index in [1.807, 2.05) is 0 Å². The highest BCUT2D eigenvalue weighted by Gasteiger charge is 2.12. The van der Waals surface area contributed by atoms with Crippen molar-refractivity contribution in [3.63, 3.8) is 0 Å². The minimum absolute atomic E-state index is 0.161. The molecule has 0 aliphatic rings. The molecule has 1 aromatic heterocycles. The van der Waals surface area contributed by atoms with Gasteiger partial charge in [0, 0.05) is 19.7 Å². The summed E-state index contributed by atoms with van der Waals surface area (Å²) in [5.74, 6) is 0. The van der Waals surface area contributed by atoms with Gasteiger partial charge in [0.2, 0.25) is 0 Å². The molecule has 0 saturated heterocycles. The Kier molecular flexibility index (Phi) is 3.47. The van der Waals surface area contributed by atoms with Crippen molar-refractivity contribution in [1.82, 2.24) is 9.78 Å². The molecule has 1 aromatic rings. The normalized spacial score (nSPS) is 11.5. The lowest BCUT2D eigenvalue weighted by Crippen LogP contribution is -2.28. The monoisotopic (exact) mass is 211 g/mol. The molecule has 0 aliphatic carbocycles. The zero-order valence-electron chi connectivity index (χ0n) is 9.32. The van der Waals surface area contributed by atoms with Gasteiger partial charge in [0.05, 0.1) is 17.5 Å². The first-order chi connectivity index (χ1) is 6.92. The van der Waals surface area contributed by atoms with E-state index in [2.05, 4.69) is 10.4 Å². The minimum atomic E-state index is -0.775. The van der Waals surface area contributed by atoms with Crippen LogP contribution in [0.1, 0.15) is 20.3 Å². The summed E-state index contributed by atoms with van der Waals surface area (Å²) in [6, 6.07) is 1.48.